The smallest absolute Gasteiger partial charge is 0.351 e. The molecule has 38 heteroatoms. The van der Waals surface area contributed by atoms with Crippen LogP contribution in [0, 0.1) is 13.8 Å². The van der Waals surface area contributed by atoms with Gasteiger partial charge in [-0.15, -0.1) is 0 Å². The molecule has 0 radical (unpaired) electrons. The Morgan fingerprint density at radius 2 is 0.931 bits per heavy atom. The Balaban J connectivity index is 1.59. The van der Waals surface area contributed by atoms with E-state index >= 15 is 0 Å². The molecule has 30 nitrogen and oxygen atoms in total. The topological polar surface area (TPSA) is 448 Å². The second kappa shape index (κ2) is 18.6. The van der Waals surface area contributed by atoms with Gasteiger partial charge in [-0.3, -0.25) is 37.7 Å². The van der Waals surface area contributed by atoms with Crippen LogP contribution in [0.1, 0.15) is 36.4 Å². The first kappa shape index (κ1) is 49.5. The van der Waals surface area contributed by atoms with Gasteiger partial charge < -0.3 is 48.6 Å². The first-order chi connectivity index (χ1) is 26.3. The Morgan fingerprint density at radius 3 is 1.24 bits per heavy atom. The molecule has 4 rings (SSSR count). The molecule has 2 aliphatic rings. The molecule has 4 heterocycles. The number of aryl methyl sites for hydroxylation is 2. The Hall–Kier alpha value is -1.20. The minimum Gasteiger partial charge on any atom is -0.351 e. The highest BCUT2D eigenvalue weighted by atomic mass is 33.1. The first-order valence-corrected chi connectivity index (χ1v) is 26.5. The summed E-state index contributed by atoms with van der Waals surface area (Å²) in [5.41, 5.74) is -3.27. The minimum atomic E-state index is -5.92. The molecular weight excluding hydrogens is 962 g/mol. The van der Waals surface area contributed by atoms with Gasteiger partial charge in [0.2, 0.25) is 0 Å². The quantitative estimate of drug-likeness (QED) is 0.0658. The van der Waals surface area contributed by atoms with Gasteiger partial charge in [0.25, 0.3) is 11.1 Å². The fourth-order valence-corrected chi connectivity index (χ4v) is 14.4. The van der Waals surface area contributed by atoms with E-state index in [2.05, 4.69) is 27.2 Å². The normalized spacial score (nSPS) is 27.1. The molecule has 0 aliphatic carbocycles. The molecule has 4 unspecified atom stereocenters. The van der Waals surface area contributed by atoms with Gasteiger partial charge in [-0.1, -0.05) is 21.6 Å². The van der Waals surface area contributed by atoms with E-state index in [0.717, 1.165) is 43.1 Å². The third kappa shape index (κ3) is 14.7. The molecule has 2 saturated heterocycles. The highest BCUT2D eigenvalue weighted by Gasteiger charge is 2.46. The van der Waals surface area contributed by atoms with E-state index in [9.17, 15) is 66.1 Å². The molecule has 2 aromatic heterocycles. The second-order valence-electron chi connectivity index (χ2n) is 11.7. The fraction of sp³-hybridized carbons (Fsp3) is 0.600. The lowest BCUT2D eigenvalue weighted by molar-refractivity contribution is -0.0236. The second-order valence-corrected chi connectivity index (χ2v) is 23.3. The van der Waals surface area contributed by atoms with Gasteiger partial charge in [0.15, 0.2) is 0 Å². The fourth-order valence-electron chi connectivity index (χ4n) is 4.93. The summed E-state index contributed by atoms with van der Waals surface area (Å²) >= 11 is 0. The molecule has 10 atom stereocenters. The van der Waals surface area contributed by atoms with Gasteiger partial charge in [-0.25, -0.2) is 37.0 Å². The highest BCUT2D eigenvalue weighted by Crippen LogP contribution is 2.67. The van der Waals surface area contributed by atoms with Crippen LogP contribution in [-0.4, -0.2) is 94.2 Å². The van der Waals surface area contributed by atoms with Crippen molar-refractivity contribution in [2.75, 3.05) is 13.2 Å². The van der Waals surface area contributed by atoms with Crippen LogP contribution >= 0.6 is 68.5 Å². The lowest BCUT2D eigenvalue weighted by Crippen LogP contribution is -2.33. The third-order valence-corrected chi connectivity index (χ3v) is 18.2. The van der Waals surface area contributed by atoms with E-state index in [1.807, 2.05) is 0 Å². The van der Waals surface area contributed by atoms with Gasteiger partial charge in [-0.05, 0) is 13.8 Å². The van der Waals surface area contributed by atoms with Crippen LogP contribution in [0.15, 0.2) is 31.6 Å². The molecule has 0 spiro atoms. The molecule has 0 saturated carbocycles. The summed E-state index contributed by atoms with van der Waals surface area (Å²) in [7, 11) is -32.9. The molecule has 0 amide bonds. The lowest BCUT2D eigenvalue weighted by atomic mass is 10.2. The lowest BCUT2D eigenvalue weighted by Gasteiger charge is -2.23. The van der Waals surface area contributed by atoms with E-state index in [4.69, 9.17) is 38.1 Å². The maximum Gasteiger partial charge on any atom is 0.490 e. The number of nitrogens with one attached hydrogen (secondary N) is 2. The van der Waals surface area contributed by atoms with Crippen molar-refractivity contribution in [3.63, 3.8) is 0 Å². The molecule has 330 valence electrons. The summed E-state index contributed by atoms with van der Waals surface area (Å²) in [4.78, 5) is 128. The van der Waals surface area contributed by atoms with E-state index < -0.39 is 118 Å². The Kier molecular flexibility index (Phi) is 15.9. The predicted octanol–water partition coefficient (Wildman–Crippen LogP) is 0.0838. The standard InChI is InChI=1S/C20H32N4O26P6S2/c1-9-5-23(19(27)21-17(9)25)15-3-13(11(45-15)7-43-53(35,36)49-55(39,40)47-51(29,30)31)57-58-14-4-16(24-6-10(2)18(26)22-20(24)28)46-12(14)8-44-54(37,38)50-56(41,42)48-52(32,33)34/h5-6,11-16H,3-4,7-8H2,1-2H3,(H,35,36)(H,37,38)(H,39,40)(H,41,42)(H,21,25,27)(H,22,26,28)(H2,29,30,31)(H2,32,33,34)/t11-,12-,13+,14+,15-,16-/m1/s1. The number of aromatic amines is 2. The van der Waals surface area contributed by atoms with E-state index in [1.54, 1.807) is 0 Å². The summed E-state index contributed by atoms with van der Waals surface area (Å²) < 4.78 is 109. The van der Waals surface area contributed by atoms with Crippen LogP contribution in [-0.2, 0) is 63.2 Å². The maximum absolute atomic E-state index is 12.7. The number of hydrogen-bond acceptors (Lipinski definition) is 20. The summed E-state index contributed by atoms with van der Waals surface area (Å²) in [6.07, 6.45) is -3.32. The van der Waals surface area contributed by atoms with Crippen molar-refractivity contribution in [2.45, 2.75) is 61.9 Å². The van der Waals surface area contributed by atoms with Crippen LogP contribution in [0.2, 0.25) is 0 Å². The number of rotatable bonds is 19. The van der Waals surface area contributed by atoms with Gasteiger partial charge in [-0.2, -0.15) is 17.2 Å². The van der Waals surface area contributed by atoms with Crippen molar-refractivity contribution < 1.29 is 102 Å². The van der Waals surface area contributed by atoms with Crippen molar-refractivity contribution >= 4 is 68.5 Å². The van der Waals surface area contributed by atoms with Crippen LogP contribution in [0.3, 0.4) is 0 Å². The molecule has 2 aliphatic heterocycles. The number of nitrogens with zero attached hydrogens (tertiary/aromatic N) is 2. The zero-order valence-electron chi connectivity index (χ0n) is 28.8. The van der Waals surface area contributed by atoms with Crippen LogP contribution in [0.4, 0.5) is 0 Å². The molecule has 2 fully saturated rings. The molecular formula is C20H32N4O26P6S2. The number of aromatic nitrogens is 4. The van der Waals surface area contributed by atoms with E-state index in [1.165, 1.54) is 13.8 Å². The van der Waals surface area contributed by atoms with Crippen LogP contribution in [0.25, 0.3) is 0 Å². The van der Waals surface area contributed by atoms with Crippen molar-refractivity contribution in [2.24, 2.45) is 0 Å². The van der Waals surface area contributed by atoms with Gasteiger partial charge in [0, 0.05) is 46.9 Å². The summed E-state index contributed by atoms with van der Waals surface area (Å²) in [6.45, 7) is 0.710. The average molecular weight is 994 g/mol. The Labute approximate surface area is 329 Å². The van der Waals surface area contributed by atoms with E-state index in [0.29, 0.717) is 0 Å². The molecule has 2 aromatic rings. The molecule has 0 aromatic carbocycles. The van der Waals surface area contributed by atoms with Crippen molar-refractivity contribution in [1.82, 2.24) is 19.1 Å². The molecule has 10 N–H and O–H groups in total. The van der Waals surface area contributed by atoms with Gasteiger partial charge >= 0.3 is 58.3 Å². The summed E-state index contributed by atoms with van der Waals surface area (Å²) in [5, 5.41) is -1.89. The SMILES string of the molecule is Cc1cn([C@H]2C[C@H](SS[C@H]3C[C@H](n4cc(C)c(=O)[nH]c4=O)O[C@@H]3COP(=O)(O)OP(=O)(O)OP(=O)(O)O)[C@@H](COP(=O)(O)OP(=O)(O)OP(=O)(O)O)O2)c(=O)[nH]c1=O. The monoisotopic (exact) mass is 994 g/mol. The Bertz CT molecular complexity index is 2230. The zero-order chi connectivity index (χ0) is 43.8. The van der Waals surface area contributed by atoms with Crippen molar-refractivity contribution in [3.05, 3.63) is 65.2 Å². The number of phosphoric acid groups is 6. The first-order valence-electron chi connectivity index (χ1n) is 15.2. The number of hydrogen-bond donors (Lipinski definition) is 10. The van der Waals surface area contributed by atoms with Crippen molar-refractivity contribution in [1.29, 1.82) is 0 Å². The third-order valence-electron chi connectivity index (χ3n) is 7.21. The number of H-pyrrole nitrogens is 2. The summed E-state index contributed by atoms with van der Waals surface area (Å²) in [5.74, 6) is 0. The number of ether oxygens (including phenoxy) is 2. The van der Waals surface area contributed by atoms with Crippen LogP contribution in [0.5, 0.6) is 0 Å². The highest BCUT2D eigenvalue weighted by molar-refractivity contribution is 8.77. The molecule has 0 bridgehead atoms. The van der Waals surface area contributed by atoms with Crippen molar-refractivity contribution in [3.8, 4) is 0 Å². The maximum atomic E-state index is 12.7. The Morgan fingerprint density at radius 1 is 0.603 bits per heavy atom. The largest absolute Gasteiger partial charge is 0.490 e. The number of phosphoric ester groups is 2. The predicted molar refractivity (Wildman–Crippen MR) is 192 cm³/mol. The van der Waals surface area contributed by atoms with E-state index in [-0.39, 0.29) is 24.0 Å². The average Bonchev–Trinajstić information content (AvgIpc) is 3.61. The van der Waals surface area contributed by atoms with Crippen LogP contribution < -0.4 is 22.5 Å². The molecule has 58 heavy (non-hydrogen) atoms. The zero-order valence-corrected chi connectivity index (χ0v) is 35.8. The van der Waals surface area contributed by atoms with Gasteiger partial charge in [0.1, 0.15) is 12.5 Å². The van der Waals surface area contributed by atoms with Gasteiger partial charge in [0.05, 0.1) is 25.4 Å². The summed E-state index contributed by atoms with van der Waals surface area (Å²) in [6, 6.07) is 0. The minimum absolute atomic E-state index is 0.0548.